The second kappa shape index (κ2) is 5.45. The van der Waals surface area contributed by atoms with E-state index >= 15 is 0 Å². The van der Waals surface area contributed by atoms with Crippen LogP contribution in [0.4, 0.5) is 11.5 Å². The molecule has 0 bridgehead atoms. The van der Waals surface area contributed by atoms with Crippen LogP contribution in [0.2, 0.25) is 5.15 Å². The maximum Gasteiger partial charge on any atom is 0.319 e. The Labute approximate surface area is 115 Å². The molecule has 10 heteroatoms. The first-order chi connectivity index (χ1) is 9.49. The number of aromatic amines is 1. The summed E-state index contributed by atoms with van der Waals surface area (Å²) in [4.78, 5) is 36.4. The van der Waals surface area contributed by atoms with Crippen molar-refractivity contribution in [3.05, 3.63) is 55.6 Å². The van der Waals surface area contributed by atoms with E-state index in [0.717, 1.165) is 12.1 Å². The van der Waals surface area contributed by atoms with Crippen molar-refractivity contribution in [1.82, 2.24) is 15.2 Å². The highest BCUT2D eigenvalue weighted by molar-refractivity contribution is 6.32. The lowest BCUT2D eigenvalue weighted by molar-refractivity contribution is -0.385. The zero-order valence-corrected chi connectivity index (χ0v) is 10.4. The average Bonchev–Trinajstić information content (AvgIpc) is 2.40. The van der Waals surface area contributed by atoms with Crippen molar-refractivity contribution in [3.63, 3.8) is 0 Å². The van der Waals surface area contributed by atoms with E-state index in [0.29, 0.717) is 0 Å². The number of H-pyrrole nitrogens is 1. The number of nitrogens with one attached hydrogen (secondary N) is 2. The van der Waals surface area contributed by atoms with Crippen LogP contribution in [0.15, 0.2) is 29.2 Å². The van der Waals surface area contributed by atoms with E-state index in [1.807, 2.05) is 0 Å². The highest BCUT2D eigenvalue weighted by Crippen LogP contribution is 2.26. The number of carbonyl (C=O) groups excluding carboxylic acids is 1. The summed E-state index contributed by atoms with van der Waals surface area (Å²) in [5.74, 6) is -0.752. The number of halogens is 1. The van der Waals surface area contributed by atoms with E-state index in [4.69, 9.17) is 11.6 Å². The van der Waals surface area contributed by atoms with Crippen LogP contribution in [0.3, 0.4) is 0 Å². The summed E-state index contributed by atoms with van der Waals surface area (Å²) in [7, 11) is 0. The fraction of sp³-hybridized carbons (Fsp3) is 0. The van der Waals surface area contributed by atoms with Crippen LogP contribution in [0.1, 0.15) is 10.4 Å². The first kappa shape index (κ1) is 13.6. The standard InChI is InChI=1S/C10H6ClN5O4/c11-9-8(16(19)20)5(3-4-12-9)10(18)13-6-1-2-7(17)15-14-6/h1-4H,(H,15,17)(H,13,14,18). The first-order valence-electron chi connectivity index (χ1n) is 5.15. The molecule has 0 fully saturated rings. The third-order valence-corrected chi connectivity index (χ3v) is 2.50. The zero-order chi connectivity index (χ0) is 14.7. The number of carbonyl (C=O) groups is 1. The minimum Gasteiger partial charge on any atom is -0.305 e. The summed E-state index contributed by atoms with van der Waals surface area (Å²) in [5.41, 5.74) is -1.31. The number of pyridine rings is 1. The van der Waals surface area contributed by atoms with Crippen LogP contribution in [0.25, 0.3) is 0 Å². The Hall–Kier alpha value is -2.81. The minimum absolute atomic E-state index is 0.0387. The minimum atomic E-state index is -0.801. The molecular weight excluding hydrogens is 290 g/mol. The van der Waals surface area contributed by atoms with Crippen LogP contribution < -0.4 is 10.9 Å². The molecule has 0 radical (unpaired) electrons. The van der Waals surface area contributed by atoms with Crippen LogP contribution in [0, 0.1) is 10.1 Å². The van der Waals surface area contributed by atoms with E-state index in [2.05, 4.69) is 20.5 Å². The number of hydrogen-bond donors (Lipinski definition) is 2. The van der Waals surface area contributed by atoms with Crippen LogP contribution in [-0.2, 0) is 0 Å². The number of hydrogen-bond acceptors (Lipinski definition) is 6. The van der Waals surface area contributed by atoms with Gasteiger partial charge in [-0.1, -0.05) is 11.6 Å². The molecule has 0 saturated carbocycles. The lowest BCUT2D eigenvalue weighted by Gasteiger charge is -2.04. The number of nitro groups is 1. The molecule has 20 heavy (non-hydrogen) atoms. The molecule has 2 N–H and O–H groups in total. The van der Waals surface area contributed by atoms with Gasteiger partial charge in [0.1, 0.15) is 5.56 Å². The normalized spacial score (nSPS) is 10.1. The molecule has 0 aliphatic carbocycles. The Bertz CT molecular complexity index is 724. The van der Waals surface area contributed by atoms with Crippen molar-refractivity contribution in [2.75, 3.05) is 5.32 Å². The van der Waals surface area contributed by atoms with Crippen molar-refractivity contribution in [2.45, 2.75) is 0 Å². The molecular formula is C10H6ClN5O4. The van der Waals surface area contributed by atoms with Gasteiger partial charge in [0.2, 0.25) is 5.15 Å². The molecule has 2 rings (SSSR count). The average molecular weight is 296 g/mol. The summed E-state index contributed by atoms with van der Waals surface area (Å²) in [5, 5.41) is 18.5. The Morgan fingerprint density at radius 1 is 1.40 bits per heavy atom. The molecule has 0 atom stereocenters. The van der Waals surface area contributed by atoms with Gasteiger partial charge < -0.3 is 5.32 Å². The van der Waals surface area contributed by atoms with Crippen LogP contribution >= 0.6 is 11.6 Å². The van der Waals surface area contributed by atoms with Gasteiger partial charge in [-0.15, -0.1) is 0 Å². The molecule has 0 aliphatic rings. The number of anilines is 1. The van der Waals surface area contributed by atoms with E-state index < -0.39 is 27.2 Å². The summed E-state index contributed by atoms with van der Waals surface area (Å²) in [6.45, 7) is 0. The largest absolute Gasteiger partial charge is 0.319 e. The summed E-state index contributed by atoms with van der Waals surface area (Å²) in [6.07, 6.45) is 1.17. The molecule has 0 aromatic carbocycles. The fourth-order valence-electron chi connectivity index (χ4n) is 1.38. The third kappa shape index (κ3) is 2.78. The van der Waals surface area contributed by atoms with Gasteiger partial charge in [-0.2, -0.15) is 5.10 Å². The number of amides is 1. The third-order valence-electron chi connectivity index (χ3n) is 2.23. The topological polar surface area (TPSA) is 131 Å². The molecule has 0 unspecified atom stereocenters. The Morgan fingerprint density at radius 3 is 2.75 bits per heavy atom. The van der Waals surface area contributed by atoms with Crippen molar-refractivity contribution < 1.29 is 9.72 Å². The molecule has 1 amide bonds. The van der Waals surface area contributed by atoms with Crippen LogP contribution in [-0.4, -0.2) is 26.0 Å². The van der Waals surface area contributed by atoms with Gasteiger partial charge in [0.05, 0.1) is 4.92 Å². The molecule has 2 aromatic rings. The predicted octanol–water partition coefficient (Wildman–Crippen LogP) is 0.979. The number of rotatable bonds is 3. The summed E-state index contributed by atoms with van der Waals surface area (Å²) < 4.78 is 0. The van der Waals surface area contributed by atoms with Gasteiger partial charge in [-0.05, 0) is 12.1 Å². The smallest absolute Gasteiger partial charge is 0.305 e. The second-order valence-electron chi connectivity index (χ2n) is 3.52. The van der Waals surface area contributed by atoms with Gasteiger partial charge in [0.25, 0.3) is 11.5 Å². The summed E-state index contributed by atoms with van der Waals surface area (Å²) >= 11 is 5.60. The fourth-order valence-corrected chi connectivity index (χ4v) is 1.61. The molecule has 9 nitrogen and oxygen atoms in total. The molecule has 2 aromatic heterocycles. The van der Waals surface area contributed by atoms with E-state index in [1.165, 1.54) is 12.3 Å². The lowest BCUT2D eigenvalue weighted by Crippen LogP contribution is -2.17. The Morgan fingerprint density at radius 2 is 2.15 bits per heavy atom. The second-order valence-corrected chi connectivity index (χ2v) is 3.87. The molecule has 2 heterocycles. The molecule has 0 spiro atoms. The maximum atomic E-state index is 11.9. The molecule has 0 aliphatic heterocycles. The SMILES string of the molecule is O=C(Nc1ccc(=O)[nH]n1)c1ccnc(Cl)c1[N+](=O)[O-]. The monoisotopic (exact) mass is 295 g/mol. The van der Waals surface area contributed by atoms with Crippen molar-refractivity contribution in [3.8, 4) is 0 Å². The predicted molar refractivity (Wildman–Crippen MR) is 68.7 cm³/mol. The number of nitrogens with zero attached hydrogens (tertiary/aromatic N) is 3. The quantitative estimate of drug-likeness (QED) is 0.493. The lowest BCUT2D eigenvalue weighted by atomic mass is 10.2. The Kier molecular flexibility index (Phi) is 3.71. The maximum absolute atomic E-state index is 11.9. The van der Waals surface area contributed by atoms with Gasteiger partial charge >= 0.3 is 5.69 Å². The Balaban J connectivity index is 2.34. The molecule has 0 saturated heterocycles. The van der Waals surface area contributed by atoms with Crippen molar-refractivity contribution in [2.24, 2.45) is 0 Å². The molecule has 102 valence electrons. The summed E-state index contributed by atoms with van der Waals surface area (Å²) in [6, 6.07) is 3.56. The van der Waals surface area contributed by atoms with E-state index in [1.54, 1.807) is 0 Å². The van der Waals surface area contributed by atoms with Crippen LogP contribution in [0.5, 0.6) is 0 Å². The van der Waals surface area contributed by atoms with Crippen molar-refractivity contribution in [1.29, 1.82) is 0 Å². The highest BCUT2D eigenvalue weighted by Gasteiger charge is 2.25. The van der Waals surface area contributed by atoms with Gasteiger partial charge in [-0.25, -0.2) is 10.1 Å². The first-order valence-corrected chi connectivity index (χ1v) is 5.53. The van der Waals surface area contributed by atoms with Gasteiger partial charge in [-0.3, -0.25) is 19.7 Å². The number of aromatic nitrogens is 3. The van der Waals surface area contributed by atoms with E-state index in [-0.39, 0.29) is 11.4 Å². The van der Waals surface area contributed by atoms with E-state index in [9.17, 15) is 19.7 Å². The van der Waals surface area contributed by atoms with Gasteiger partial charge in [0.15, 0.2) is 5.82 Å². The van der Waals surface area contributed by atoms with Crippen molar-refractivity contribution >= 4 is 29.0 Å². The zero-order valence-electron chi connectivity index (χ0n) is 9.66. The van der Waals surface area contributed by atoms with Gasteiger partial charge in [0, 0.05) is 12.3 Å². The highest BCUT2D eigenvalue weighted by atomic mass is 35.5.